The van der Waals surface area contributed by atoms with Crippen LogP contribution in [0.25, 0.3) is 0 Å². The molecule has 2 nitrogen and oxygen atoms in total. The number of carbonyl (C=O) groups excluding carboxylic acids is 1. The molecule has 0 aliphatic carbocycles. The van der Waals surface area contributed by atoms with E-state index in [-0.39, 0.29) is 6.61 Å². The second kappa shape index (κ2) is 4.49. The molecule has 12 heavy (non-hydrogen) atoms. The summed E-state index contributed by atoms with van der Waals surface area (Å²) < 4.78 is 16.6. The van der Waals surface area contributed by atoms with Crippen LogP contribution in [-0.2, 0) is 0 Å². The number of benzene rings is 1. The van der Waals surface area contributed by atoms with Crippen molar-refractivity contribution in [3.8, 4) is 5.75 Å². The van der Waals surface area contributed by atoms with E-state index in [1.54, 1.807) is 24.3 Å². The Balaban J connectivity index is 2.58. The van der Waals surface area contributed by atoms with Crippen LogP contribution >= 0.6 is 0 Å². The first-order valence-corrected chi connectivity index (χ1v) is 3.61. The van der Waals surface area contributed by atoms with Crippen LogP contribution in [-0.4, -0.2) is 19.6 Å². The van der Waals surface area contributed by atoms with Crippen molar-refractivity contribution in [2.45, 2.75) is 0 Å². The average molecular weight is 167 g/mol. The average Bonchev–Trinajstić information content (AvgIpc) is 2.15. The molecule has 0 aliphatic rings. The van der Waals surface area contributed by atoms with Crippen molar-refractivity contribution in [3.05, 3.63) is 29.8 Å². The third-order valence-electron chi connectivity index (χ3n) is 1.36. The fourth-order valence-corrected chi connectivity index (χ4v) is 0.799. The summed E-state index contributed by atoms with van der Waals surface area (Å²) in [6, 6.07) is 6.53. The maximum absolute atomic E-state index is 11.6. The van der Waals surface area contributed by atoms with Crippen molar-refractivity contribution >= 4 is 6.29 Å². The van der Waals surface area contributed by atoms with E-state index in [1.807, 2.05) is 0 Å². The fraction of sp³-hybridized carbons (Fsp3) is 0.222. The number of carbonyl (C=O) groups is 1. The number of alkyl halides is 1. The molecule has 0 bridgehead atoms. The lowest BCUT2D eigenvalue weighted by atomic mass is 10.2. The minimum Gasteiger partial charge on any atom is -0.491 e. The van der Waals surface area contributed by atoms with Gasteiger partial charge >= 0.3 is 0 Å². The zero-order valence-corrected chi connectivity index (χ0v) is 6.50. The Kier molecular flexibility index (Phi) is 3.26. The van der Waals surface area contributed by atoms with E-state index in [9.17, 15) is 9.18 Å². The lowest BCUT2D eigenvalue weighted by molar-refractivity contribution is 0.112. The van der Waals surface area contributed by atoms with Crippen molar-refractivity contribution < 1.29 is 13.9 Å². The topological polar surface area (TPSA) is 26.3 Å². The van der Waals surface area contributed by atoms with Gasteiger partial charge in [-0.2, -0.15) is 0 Å². The molecule has 0 N–H and O–H groups in total. The van der Waals surface area contributed by atoms with Gasteiger partial charge in [0.15, 0.2) is 0 Å². The third-order valence-corrected chi connectivity index (χ3v) is 1.36. The smallest absolute Gasteiger partial charge is 0.150 e. The highest BCUT2D eigenvalue weighted by Gasteiger charge is 1.93. The van der Waals surface area contributed by atoms with Gasteiger partial charge in [-0.1, -0.05) is 0 Å². The van der Waals surface area contributed by atoms with Crippen LogP contribution in [0.3, 0.4) is 0 Å². The zero-order chi connectivity index (χ0) is 8.81. The number of rotatable bonds is 4. The number of halogens is 1. The summed E-state index contributed by atoms with van der Waals surface area (Å²) in [5.41, 5.74) is 0.586. The molecular weight excluding hydrogens is 158 g/mol. The largest absolute Gasteiger partial charge is 0.491 e. The molecule has 0 spiro atoms. The van der Waals surface area contributed by atoms with Crippen molar-refractivity contribution in [1.82, 2.24) is 0 Å². The first-order valence-electron chi connectivity index (χ1n) is 3.61. The molecule has 0 aliphatic heterocycles. The molecule has 0 heterocycles. The van der Waals surface area contributed by atoms with E-state index in [4.69, 9.17) is 4.74 Å². The van der Waals surface area contributed by atoms with Crippen LogP contribution in [0.1, 0.15) is 10.4 Å². The van der Waals surface area contributed by atoms with Gasteiger partial charge in [0.2, 0.25) is 0 Å². The lowest BCUT2D eigenvalue weighted by Crippen LogP contribution is -1.98. The van der Waals surface area contributed by atoms with Crippen molar-refractivity contribution in [1.29, 1.82) is 0 Å². The maximum atomic E-state index is 11.6. The van der Waals surface area contributed by atoms with E-state index < -0.39 is 6.67 Å². The Labute approximate surface area is 70.0 Å². The van der Waals surface area contributed by atoms with Crippen LogP contribution in [0.15, 0.2) is 24.3 Å². The van der Waals surface area contributed by atoms with Gasteiger partial charge in [0.05, 0.1) is 0 Å². The van der Waals surface area contributed by atoms with Gasteiger partial charge in [-0.15, -0.1) is 0 Å². The molecule has 0 saturated heterocycles. The van der Waals surface area contributed by atoms with Gasteiger partial charge < -0.3 is 4.74 Å². The number of aldehydes is 1. The summed E-state index contributed by atoms with van der Waals surface area (Å²) in [6.45, 7) is -0.449. The van der Waals surface area contributed by atoms with Gasteiger partial charge in [0, 0.05) is 5.56 Å². The Morgan fingerprint density at radius 3 is 2.50 bits per heavy atom. The predicted octanol–water partition coefficient (Wildman–Crippen LogP) is 1.85. The fourth-order valence-electron chi connectivity index (χ4n) is 0.799. The van der Waals surface area contributed by atoms with E-state index in [0.717, 1.165) is 6.29 Å². The zero-order valence-electron chi connectivity index (χ0n) is 6.50. The SMILES string of the molecule is O=Cc1ccc(OCC[18F])cc1. The Morgan fingerprint density at radius 2 is 2.00 bits per heavy atom. The van der Waals surface area contributed by atoms with Gasteiger partial charge in [0.1, 0.15) is 25.3 Å². The van der Waals surface area contributed by atoms with Crippen molar-refractivity contribution in [2.75, 3.05) is 13.3 Å². The first-order chi connectivity index (χ1) is 5.86. The summed E-state index contributed by atoms with van der Waals surface area (Å²) in [7, 11) is 0. The summed E-state index contributed by atoms with van der Waals surface area (Å²) in [5, 5.41) is 0. The highest BCUT2D eigenvalue weighted by atomic mass is 18.2. The normalized spacial score (nSPS) is 9.42. The van der Waals surface area contributed by atoms with Gasteiger partial charge in [-0.05, 0) is 24.3 Å². The van der Waals surface area contributed by atoms with E-state index in [1.165, 1.54) is 0 Å². The monoisotopic (exact) mass is 167 g/mol. The first kappa shape index (κ1) is 8.71. The number of hydrogen-bond donors (Lipinski definition) is 0. The molecule has 3 heteroatoms. The minimum absolute atomic E-state index is 0.0560. The quantitative estimate of drug-likeness (QED) is 0.639. The molecule has 0 atom stereocenters. The molecule has 0 radical (unpaired) electrons. The molecule has 1 aromatic carbocycles. The summed E-state index contributed by atoms with van der Waals surface area (Å²) in [6.07, 6.45) is 0.749. The second-order valence-electron chi connectivity index (χ2n) is 2.22. The molecule has 1 rings (SSSR count). The predicted molar refractivity (Wildman–Crippen MR) is 43.3 cm³/mol. The standard InChI is InChI=1S/C9H9FO2/c10-5-6-12-9-3-1-8(7-11)2-4-9/h1-4,7H,5-6H2/i10-1. The lowest BCUT2D eigenvalue weighted by Gasteiger charge is -2.01. The van der Waals surface area contributed by atoms with Crippen molar-refractivity contribution in [3.63, 3.8) is 0 Å². The number of ether oxygens (including phenoxy) is 1. The van der Waals surface area contributed by atoms with E-state index >= 15 is 0 Å². The highest BCUT2D eigenvalue weighted by Crippen LogP contribution is 2.10. The maximum Gasteiger partial charge on any atom is 0.150 e. The molecular formula is C9H9FO2. The second-order valence-corrected chi connectivity index (χ2v) is 2.22. The Bertz CT molecular complexity index is 243. The Hall–Kier alpha value is -1.38. The molecule has 1 aromatic rings. The summed E-state index contributed by atoms with van der Waals surface area (Å²) in [4.78, 5) is 10.2. The van der Waals surface area contributed by atoms with Crippen LogP contribution < -0.4 is 4.74 Å². The molecule has 0 aromatic heterocycles. The van der Waals surface area contributed by atoms with E-state index in [0.29, 0.717) is 11.3 Å². The van der Waals surface area contributed by atoms with E-state index in [2.05, 4.69) is 0 Å². The molecule has 0 unspecified atom stereocenters. The van der Waals surface area contributed by atoms with Crippen LogP contribution in [0.4, 0.5) is 4.39 Å². The van der Waals surface area contributed by atoms with Crippen LogP contribution in [0, 0.1) is 0 Å². The molecule has 0 amide bonds. The summed E-state index contributed by atoms with van der Waals surface area (Å²) >= 11 is 0. The van der Waals surface area contributed by atoms with Crippen LogP contribution in [0.5, 0.6) is 5.75 Å². The number of hydrogen-bond acceptors (Lipinski definition) is 2. The highest BCUT2D eigenvalue weighted by molar-refractivity contribution is 5.74. The van der Waals surface area contributed by atoms with Crippen LogP contribution in [0.2, 0.25) is 0 Å². The third kappa shape index (κ3) is 2.34. The molecule has 64 valence electrons. The minimum atomic E-state index is -0.505. The molecule has 0 fully saturated rings. The Morgan fingerprint density at radius 1 is 1.33 bits per heavy atom. The van der Waals surface area contributed by atoms with Crippen molar-refractivity contribution in [2.24, 2.45) is 0 Å². The van der Waals surface area contributed by atoms with Gasteiger partial charge in [0.25, 0.3) is 0 Å². The molecule has 0 saturated carbocycles. The van der Waals surface area contributed by atoms with Gasteiger partial charge in [-0.3, -0.25) is 4.79 Å². The summed E-state index contributed by atoms with van der Waals surface area (Å²) in [5.74, 6) is 0.582. The van der Waals surface area contributed by atoms with Gasteiger partial charge in [-0.25, -0.2) is 4.39 Å².